The Bertz CT molecular complexity index is 640. The minimum atomic E-state index is -0.959. The lowest BCUT2D eigenvalue weighted by atomic mass is 10.3. The van der Waals surface area contributed by atoms with E-state index in [0.717, 1.165) is 11.4 Å². The number of H-pyrrole nitrogens is 1. The minimum Gasteiger partial charge on any atom is -0.481 e. The molecule has 20 heavy (non-hydrogen) atoms. The van der Waals surface area contributed by atoms with Crippen molar-refractivity contribution in [3.05, 3.63) is 29.8 Å². The molecule has 1 aromatic heterocycles. The number of anilines is 1. The van der Waals surface area contributed by atoms with Crippen molar-refractivity contribution in [2.75, 3.05) is 12.1 Å². The van der Waals surface area contributed by atoms with Gasteiger partial charge in [-0.25, -0.2) is 4.98 Å². The largest absolute Gasteiger partial charge is 0.481 e. The second-order valence-corrected chi connectivity index (χ2v) is 4.19. The minimum absolute atomic E-state index is 0.194. The highest BCUT2D eigenvalue weighted by atomic mass is 16.7. The summed E-state index contributed by atoms with van der Waals surface area (Å²) in [6.07, 6.45) is -0.194. The van der Waals surface area contributed by atoms with Crippen LogP contribution in [-0.2, 0) is 17.8 Å². The van der Waals surface area contributed by atoms with Crippen LogP contribution in [0.15, 0.2) is 18.2 Å². The van der Waals surface area contributed by atoms with Crippen LogP contribution in [0.4, 0.5) is 5.69 Å². The number of nitrogens with zero attached hydrogens (tertiary/aromatic N) is 2. The topological polar surface area (TPSA) is 109 Å². The molecule has 0 fully saturated rings. The third-order valence-corrected chi connectivity index (χ3v) is 2.72. The van der Waals surface area contributed by atoms with Gasteiger partial charge in [-0.15, -0.1) is 0 Å². The lowest BCUT2D eigenvalue weighted by Crippen LogP contribution is -2.03. The molecule has 1 aliphatic rings. The summed E-state index contributed by atoms with van der Waals surface area (Å²) in [7, 11) is 0. The molecule has 8 heteroatoms. The lowest BCUT2D eigenvalue weighted by molar-refractivity contribution is -0.136. The zero-order valence-corrected chi connectivity index (χ0v) is 10.4. The number of carboxylic acids is 1. The molecule has 0 unspecified atom stereocenters. The highest BCUT2D eigenvalue weighted by Crippen LogP contribution is 2.34. The summed E-state index contributed by atoms with van der Waals surface area (Å²) in [5.41, 5.74) is 0.852. The Labute approximate surface area is 113 Å². The molecule has 1 aliphatic heterocycles. The van der Waals surface area contributed by atoms with Crippen molar-refractivity contribution in [3.8, 4) is 11.5 Å². The Kier molecular flexibility index (Phi) is 3.12. The predicted molar refractivity (Wildman–Crippen MR) is 67.6 cm³/mol. The monoisotopic (exact) mass is 276 g/mol. The summed E-state index contributed by atoms with van der Waals surface area (Å²) < 4.78 is 10.5. The molecular formula is C12H12N4O4. The molecule has 2 heterocycles. The maximum absolute atomic E-state index is 10.5. The standard InChI is InChI=1S/C12H12N4O4/c17-12(18)4-10-14-11(16-15-10)5-13-7-1-2-8-9(3-7)20-6-19-8/h1-3,13H,4-6H2,(H,17,18)(H,14,15,16). The van der Waals surface area contributed by atoms with E-state index in [2.05, 4.69) is 20.5 Å². The molecular weight excluding hydrogens is 264 g/mol. The fourth-order valence-electron chi connectivity index (χ4n) is 1.82. The highest BCUT2D eigenvalue weighted by Gasteiger charge is 2.13. The molecule has 2 aromatic rings. The number of hydrogen-bond acceptors (Lipinski definition) is 6. The average Bonchev–Trinajstić information content (AvgIpc) is 3.03. The van der Waals surface area contributed by atoms with Gasteiger partial charge in [0.1, 0.15) is 12.2 Å². The molecule has 0 amide bonds. The summed E-state index contributed by atoms with van der Waals surface area (Å²) in [6.45, 7) is 0.645. The second-order valence-electron chi connectivity index (χ2n) is 4.19. The molecule has 0 bridgehead atoms. The van der Waals surface area contributed by atoms with E-state index in [1.54, 1.807) is 0 Å². The molecule has 3 N–H and O–H groups in total. The molecule has 0 atom stereocenters. The van der Waals surface area contributed by atoms with Crippen molar-refractivity contribution in [1.29, 1.82) is 0 Å². The van der Waals surface area contributed by atoms with Crippen LogP contribution in [0.3, 0.4) is 0 Å². The number of nitrogens with one attached hydrogen (secondary N) is 2. The summed E-state index contributed by atoms with van der Waals surface area (Å²) in [6, 6.07) is 5.51. The second kappa shape index (κ2) is 5.08. The van der Waals surface area contributed by atoms with E-state index < -0.39 is 5.97 Å². The van der Waals surface area contributed by atoms with E-state index in [-0.39, 0.29) is 19.0 Å². The van der Waals surface area contributed by atoms with Crippen molar-refractivity contribution in [2.24, 2.45) is 0 Å². The van der Waals surface area contributed by atoms with E-state index in [1.807, 2.05) is 18.2 Å². The summed E-state index contributed by atoms with van der Waals surface area (Å²) in [5, 5.41) is 18.3. The first kappa shape index (κ1) is 12.3. The van der Waals surface area contributed by atoms with Crippen molar-refractivity contribution in [3.63, 3.8) is 0 Å². The first-order valence-corrected chi connectivity index (χ1v) is 5.96. The van der Waals surface area contributed by atoms with Gasteiger partial charge >= 0.3 is 5.97 Å². The van der Waals surface area contributed by atoms with Gasteiger partial charge in [0.25, 0.3) is 0 Å². The van der Waals surface area contributed by atoms with Gasteiger partial charge in [-0.05, 0) is 12.1 Å². The summed E-state index contributed by atoms with van der Waals surface area (Å²) >= 11 is 0. The molecule has 8 nitrogen and oxygen atoms in total. The molecule has 0 radical (unpaired) electrons. The van der Waals surface area contributed by atoms with Gasteiger partial charge in [0, 0.05) is 11.8 Å². The Morgan fingerprint density at radius 1 is 1.40 bits per heavy atom. The highest BCUT2D eigenvalue weighted by molar-refractivity contribution is 5.68. The van der Waals surface area contributed by atoms with Crippen LogP contribution in [0.25, 0.3) is 0 Å². The van der Waals surface area contributed by atoms with Crippen LogP contribution >= 0.6 is 0 Å². The molecule has 0 spiro atoms. The first-order valence-electron chi connectivity index (χ1n) is 5.96. The number of rotatable bonds is 5. The van der Waals surface area contributed by atoms with Gasteiger partial charge in [0.2, 0.25) is 6.79 Å². The van der Waals surface area contributed by atoms with Crippen LogP contribution < -0.4 is 14.8 Å². The van der Waals surface area contributed by atoms with E-state index in [0.29, 0.717) is 18.1 Å². The van der Waals surface area contributed by atoms with E-state index in [9.17, 15) is 4.79 Å². The van der Waals surface area contributed by atoms with E-state index in [1.165, 1.54) is 0 Å². The van der Waals surface area contributed by atoms with Gasteiger partial charge in [-0.2, -0.15) is 5.10 Å². The van der Waals surface area contributed by atoms with Gasteiger partial charge in [0.05, 0.1) is 6.54 Å². The summed E-state index contributed by atoms with van der Waals surface area (Å²) in [4.78, 5) is 14.6. The van der Waals surface area contributed by atoms with Crippen LogP contribution in [-0.4, -0.2) is 33.1 Å². The number of fused-ring (bicyclic) bond motifs is 1. The van der Waals surface area contributed by atoms with Crippen molar-refractivity contribution >= 4 is 11.7 Å². The number of carboxylic acid groups (broad SMARTS) is 1. The van der Waals surface area contributed by atoms with Gasteiger partial charge in [0.15, 0.2) is 17.3 Å². The smallest absolute Gasteiger partial charge is 0.311 e. The number of aromatic amines is 1. The number of aromatic nitrogens is 3. The number of benzene rings is 1. The number of hydrogen-bond donors (Lipinski definition) is 3. The number of aliphatic carboxylic acids is 1. The quantitative estimate of drug-likeness (QED) is 0.740. The predicted octanol–water partition coefficient (Wildman–Crippen LogP) is 0.773. The number of carbonyl (C=O) groups is 1. The van der Waals surface area contributed by atoms with Crippen LogP contribution in [0, 0.1) is 0 Å². The summed E-state index contributed by atoms with van der Waals surface area (Å²) in [5.74, 6) is 1.29. The Hall–Kier alpha value is -2.77. The van der Waals surface area contributed by atoms with E-state index in [4.69, 9.17) is 14.6 Å². The van der Waals surface area contributed by atoms with Gasteiger partial charge < -0.3 is 19.9 Å². The van der Waals surface area contributed by atoms with E-state index >= 15 is 0 Å². The normalized spacial score (nSPS) is 12.4. The SMILES string of the molecule is O=C(O)Cc1n[nH]c(CNc2ccc3c(c2)OCO3)n1. The molecule has 1 aromatic carbocycles. The maximum Gasteiger partial charge on any atom is 0.311 e. The van der Waals surface area contributed by atoms with Crippen molar-refractivity contribution < 1.29 is 19.4 Å². The molecule has 0 saturated heterocycles. The molecule has 104 valence electrons. The third-order valence-electron chi connectivity index (χ3n) is 2.72. The molecule has 0 saturated carbocycles. The van der Waals surface area contributed by atoms with Gasteiger partial charge in [-0.1, -0.05) is 0 Å². The Morgan fingerprint density at radius 2 is 2.25 bits per heavy atom. The number of ether oxygens (including phenoxy) is 2. The lowest BCUT2D eigenvalue weighted by Gasteiger charge is -2.04. The molecule has 3 rings (SSSR count). The fraction of sp³-hybridized carbons (Fsp3) is 0.250. The van der Waals surface area contributed by atoms with Gasteiger partial charge in [-0.3, -0.25) is 9.89 Å². The van der Waals surface area contributed by atoms with Crippen molar-refractivity contribution in [2.45, 2.75) is 13.0 Å². The van der Waals surface area contributed by atoms with Crippen LogP contribution in [0.2, 0.25) is 0 Å². The third kappa shape index (κ3) is 2.63. The Balaban J connectivity index is 1.61. The van der Waals surface area contributed by atoms with Crippen LogP contribution in [0.1, 0.15) is 11.6 Å². The van der Waals surface area contributed by atoms with Crippen molar-refractivity contribution in [1.82, 2.24) is 15.2 Å². The zero-order chi connectivity index (χ0) is 13.9. The van der Waals surface area contributed by atoms with Crippen LogP contribution in [0.5, 0.6) is 11.5 Å². The zero-order valence-electron chi connectivity index (χ0n) is 10.4. The molecule has 0 aliphatic carbocycles. The first-order chi connectivity index (χ1) is 9.70. The maximum atomic E-state index is 10.5. The average molecular weight is 276 g/mol. The fourth-order valence-corrected chi connectivity index (χ4v) is 1.82. The Morgan fingerprint density at radius 3 is 3.10 bits per heavy atom.